The quantitative estimate of drug-likeness (QED) is 0.240. The van der Waals surface area contributed by atoms with Crippen molar-refractivity contribution >= 4 is 43.1 Å². The molecule has 1 nitrogen and oxygen atoms in total. The standard InChI is InChI=1S/C24H15N/c1-2-15-25(14-1)21-13-12-17-8-4-10-19-18-9-3-6-16-7-5-11-20(22(16)18)24(21)23(17)19/h1-15H. The van der Waals surface area contributed by atoms with Gasteiger partial charge in [-0.3, -0.25) is 0 Å². The number of hydrogen-bond acceptors (Lipinski definition) is 0. The van der Waals surface area contributed by atoms with Gasteiger partial charge < -0.3 is 4.57 Å². The van der Waals surface area contributed by atoms with E-state index in [1.807, 2.05) is 0 Å². The van der Waals surface area contributed by atoms with Crippen molar-refractivity contribution in [3.05, 3.63) is 91.3 Å². The molecule has 25 heavy (non-hydrogen) atoms. The Morgan fingerprint density at radius 1 is 0.440 bits per heavy atom. The Morgan fingerprint density at radius 3 is 1.76 bits per heavy atom. The first-order valence-corrected chi connectivity index (χ1v) is 8.63. The maximum absolute atomic E-state index is 2.27. The summed E-state index contributed by atoms with van der Waals surface area (Å²) in [6.45, 7) is 0. The van der Waals surface area contributed by atoms with Gasteiger partial charge in [0, 0.05) is 17.8 Å². The van der Waals surface area contributed by atoms with Crippen LogP contribution < -0.4 is 0 Å². The van der Waals surface area contributed by atoms with Crippen LogP contribution in [0.2, 0.25) is 0 Å². The van der Waals surface area contributed by atoms with Crippen LogP contribution in [0.1, 0.15) is 0 Å². The Labute approximate surface area is 145 Å². The fourth-order valence-electron chi connectivity index (χ4n) is 4.35. The van der Waals surface area contributed by atoms with E-state index in [1.165, 1.54) is 48.8 Å². The Hall–Kier alpha value is -3.32. The molecule has 1 heterocycles. The van der Waals surface area contributed by atoms with E-state index in [1.54, 1.807) is 0 Å². The zero-order valence-electron chi connectivity index (χ0n) is 13.6. The van der Waals surface area contributed by atoms with Crippen LogP contribution in [0, 0.1) is 0 Å². The fourth-order valence-corrected chi connectivity index (χ4v) is 4.35. The normalized spacial score (nSPS) is 12.0. The monoisotopic (exact) mass is 317 g/mol. The lowest BCUT2D eigenvalue weighted by Gasteiger charge is -2.17. The second kappa shape index (κ2) is 4.61. The van der Waals surface area contributed by atoms with Crippen molar-refractivity contribution in [1.82, 2.24) is 4.57 Å². The first-order chi connectivity index (χ1) is 12.4. The summed E-state index contributed by atoms with van der Waals surface area (Å²) in [5.74, 6) is 0. The van der Waals surface area contributed by atoms with E-state index >= 15 is 0 Å². The molecule has 0 amide bonds. The lowest BCUT2D eigenvalue weighted by atomic mass is 9.89. The van der Waals surface area contributed by atoms with Crippen molar-refractivity contribution in [2.75, 3.05) is 0 Å². The van der Waals surface area contributed by atoms with Gasteiger partial charge in [-0.05, 0) is 55.9 Å². The highest BCUT2D eigenvalue weighted by Crippen LogP contribution is 2.42. The van der Waals surface area contributed by atoms with E-state index in [9.17, 15) is 0 Å². The molecule has 0 saturated heterocycles. The molecule has 0 bridgehead atoms. The van der Waals surface area contributed by atoms with Gasteiger partial charge in [0.2, 0.25) is 0 Å². The lowest BCUT2D eigenvalue weighted by molar-refractivity contribution is 1.10. The van der Waals surface area contributed by atoms with E-state index < -0.39 is 0 Å². The fraction of sp³-hybridized carbons (Fsp3) is 0. The topological polar surface area (TPSA) is 4.93 Å². The molecular formula is C24H15N. The molecule has 5 aromatic carbocycles. The molecule has 0 N–H and O–H groups in total. The average molecular weight is 317 g/mol. The molecule has 1 aromatic heterocycles. The molecule has 0 aliphatic rings. The van der Waals surface area contributed by atoms with E-state index in [2.05, 4.69) is 95.8 Å². The van der Waals surface area contributed by atoms with E-state index in [-0.39, 0.29) is 0 Å². The second-order valence-electron chi connectivity index (χ2n) is 6.66. The van der Waals surface area contributed by atoms with Gasteiger partial charge in [0.25, 0.3) is 0 Å². The molecule has 6 rings (SSSR count). The minimum absolute atomic E-state index is 1.24. The van der Waals surface area contributed by atoms with Gasteiger partial charge in [0.05, 0.1) is 5.69 Å². The van der Waals surface area contributed by atoms with Gasteiger partial charge in [-0.25, -0.2) is 0 Å². The van der Waals surface area contributed by atoms with E-state index in [4.69, 9.17) is 0 Å². The molecule has 0 atom stereocenters. The molecule has 0 saturated carbocycles. The zero-order chi connectivity index (χ0) is 16.4. The van der Waals surface area contributed by atoms with Crippen LogP contribution in [-0.2, 0) is 0 Å². The average Bonchev–Trinajstić information content (AvgIpc) is 3.20. The summed E-state index contributed by atoms with van der Waals surface area (Å²) in [5, 5.41) is 10.7. The molecule has 0 unspecified atom stereocenters. The number of hydrogen-bond donors (Lipinski definition) is 0. The molecule has 0 aliphatic heterocycles. The SMILES string of the molecule is c1cc2cccc3c4c(-n5cccc5)ccc5cccc(c(c1)c23)c54. The number of fused-ring (bicyclic) bond motifs is 2. The third kappa shape index (κ3) is 1.62. The van der Waals surface area contributed by atoms with Crippen LogP contribution in [0.25, 0.3) is 48.8 Å². The molecule has 6 aromatic rings. The smallest absolute Gasteiger partial charge is 0.0534 e. The third-order valence-corrected chi connectivity index (χ3v) is 5.37. The van der Waals surface area contributed by atoms with Crippen LogP contribution in [0.3, 0.4) is 0 Å². The Bertz CT molecular complexity index is 1370. The van der Waals surface area contributed by atoms with Crippen LogP contribution >= 0.6 is 0 Å². The van der Waals surface area contributed by atoms with Crippen LogP contribution in [-0.4, -0.2) is 4.57 Å². The lowest BCUT2D eigenvalue weighted by Crippen LogP contribution is -1.94. The Morgan fingerprint density at radius 2 is 1.04 bits per heavy atom. The summed E-state index contributed by atoms with van der Waals surface area (Å²) in [5.41, 5.74) is 1.24. The predicted molar refractivity (Wildman–Crippen MR) is 107 cm³/mol. The number of benzene rings is 5. The first kappa shape index (κ1) is 13.0. The highest BCUT2D eigenvalue weighted by atomic mass is 14.9. The summed E-state index contributed by atoms with van der Waals surface area (Å²) in [6.07, 6.45) is 4.25. The summed E-state index contributed by atoms with van der Waals surface area (Å²) >= 11 is 0. The Balaban J connectivity index is 2.03. The summed E-state index contributed by atoms with van der Waals surface area (Å²) in [4.78, 5) is 0. The van der Waals surface area contributed by atoms with Gasteiger partial charge in [-0.1, -0.05) is 60.7 Å². The van der Waals surface area contributed by atoms with Crippen LogP contribution in [0.5, 0.6) is 0 Å². The maximum atomic E-state index is 2.27. The molecule has 0 radical (unpaired) electrons. The molecule has 116 valence electrons. The summed E-state index contributed by atoms with van der Waals surface area (Å²) in [7, 11) is 0. The predicted octanol–water partition coefficient (Wildman–Crippen LogP) is 6.53. The number of rotatable bonds is 1. The molecule has 0 aliphatic carbocycles. The minimum atomic E-state index is 1.24. The van der Waals surface area contributed by atoms with Gasteiger partial charge in [0.1, 0.15) is 0 Å². The van der Waals surface area contributed by atoms with E-state index in [0.29, 0.717) is 0 Å². The first-order valence-electron chi connectivity index (χ1n) is 8.63. The molecule has 0 fully saturated rings. The highest BCUT2D eigenvalue weighted by molar-refractivity contribution is 6.34. The number of aromatic nitrogens is 1. The summed E-state index contributed by atoms with van der Waals surface area (Å²) in [6, 6.07) is 28.6. The van der Waals surface area contributed by atoms with Crippen molar-refractivity contribution in [2.24, 2.45) is 0 Å². The van der Waals surface area contributed by atoms with E-state index in [0.717, 1.165) is 0 Å². The highest BCUT2D eigenvalue weighted by Gasteiger charge is 2.15. The second-order valence-corrected chi connectivity index (χ2v) is 6.66. The largest absolute Gasteiger partial charge is 0.323 e. The van der Waals surface area contributed by atoms with Gasteiger partial charge >= 0.3 is 0 Å². The summed E-state index contributed by atoms with van der Waals surface area (Å²) < 4.78 is 2.22. The van der Waals surface area contributed by atoms with Gasteiger partial charge in [-0.15, -0.1) is 0 Å². The molecule has 0 spiro atoms. The maximum Gasteiger partial charge on any atom is 0.0534 e. The molecule has 1 heteroatoms. The zero-order valence-corrected chi connectivity index (χ0v) is 13.6. The van der Waals surface area contributed by atoms with Crippen molar-refractivity contribution < 1.29 is 0 Å². The third-order valence-electron chi connectivity index (χ3n) is 5.37. The van der Waals surface area contributed by atoms with Crippen molar-refractivity contribution in [2.45, 2.75) is 0 Å². The number of nitrogens with zero attached hydrogens (tertiary/aromatic N) is 1. The van der Waals surface area contributed by atoms with Gasteiger partial charge in [-0.2, -0.15) is 0 Å². The Kier molecular flexibility index (Phi) is 2.40. The molecular weight excluding hydrogens is 302 g/mol. The van der Waals surface area contributed by atoms with Crippen molar-refractivity contribution in [3.8, 4) is 5.69 Å². The van der Waals surface area contributed by atoms with Crippen LogP contribution in [0.15, 0.2) is 91.3 Å². The van der Waals surface area contributed by atoms with Crippen molar-refractivity contribution in [1.29, 1.82) is 0 Å². The van der Waals surface area contributed by atoms with Gasteiger partial charge in [0.15, 0.2) is 0 Å². The van der Waals surface area contributed by atoms with Crippen LogP contribution in [0.4, 0.5) is 0 Å². The minimum Gasteiger partial charge on any atom is -0.323 e. The van der Waals surface area contributed by atoms with Crippen molar-refractivity contribution in [3.63, 3.8) is 0 Å².